The van der Waals surface area contributed by atoms with Crippen molar-refractivity contribution in [3.8, 4) is 0 Å². The molecule has 0 bridgehead atoms. The quantitative estimate of drug-likeness (QED) is 0.886. The van der Waals surface area contributed by atoms with Crippen LogP contribution in [0.25, 0.3) is 0 Å². The lowest BCUT2D eigenvalue weighted by atomic mass is 10.0. The number of hydrogen-bond acceptors (Lipinski definition) is 3. The van der Waals surface area contributed by atoms with Gasteiger partial charge in [0, 0.05) is 37.0 Å². The number of nitrogens with one attached hydrogen (secondary N) is 1. The summed E-state index contributed by atoms with van der Waals surface area (Å²) in [5.74, 6) is 1.24. The molecule has 0 radical (unpaired) electrons. The number of halogens is 3. The van der Waals surface area contributed by atoms with E-state index in [4.69, 9.17) is 0 Å². The molecule has 1 aromatic heterocycles. The van der Waals surface area contributed by atoms with E-state index in [1.165, 1.54) is 0 Å². The maximum Gasteiger partial charge on any atom is 0.410 e. The van der Waals surface area contributed by atoms with E-state index in [1.807, 2.05) is 4.90 Å². The molecule has 8 heteroatoms. The highest BCUT2D eigenvalue weighted by Crippen LogP contribution is 2.42. The number of amides is 1. The SMILES string of the molecule is CC1CC1C(=O)N1CCC(c2cc3n(n2)[C@@H](C(F)(F)F)C[C@@H](C)N3)C1. The van der Waals surface area contributed by atoms with Crippen molar-refractivity contribution in [2.75, 3.05) is 18.4 Å². The third kappa shape index (κ3) is 3.00. The second-order valence-electron chi connectivity index (χ2n) is 7.83. The minimum Gasteiger partial charge on any atom is -0.368 e. The van der Waals surface area contributed by atoms with E-state index in [2.05, 4.69) is 17.3 Å². The molecule has 25 heavy (non-hydrogen) atoms. The standard InChI is InChI=1S/C17H23F3N4O/c1-9-5-12(9)16(25)23-4-3-11(8-23)13-7-15-21-10(2)6-14(17(18,19)20)24(15)22-13/h7,9-12,14,21H,3-6,8H2,1-2H3/t9?,10-,11?,12?,14-/m1/s1. The van der Waals surface area contributed by atoms with Gasteiger partial charge in [-0.05, 0) is 32.1 Å². The van der Waals surface area contributed by atoms with Crippen molar-refractivity contribution in [3.05, 3.63) is 11.8 Å². The van der Waals surface area contributed by atoms with E-state index in [9.17, 15) is 18.0 Å². The van der Waals surface area contributed by atoms with Crippen LogP contribution in [0.4, 0.5) is 19.0 Å². The van der Waals surface area contributed by atoms with E-state index in [0.717, 1.165) is 17.5 Å². The Labute approximate surface area is 144 Å². The number of hydrogen-bond donors (Lipinski definition) is 1. The minimum absolute atomic E-state index is 0.0158. The van der Waals surface area contributed by atoms with E-state index >= 15 is 0 Å². The second-order valence-corrected chi connectivity index (χ2v) is 7.83. The average Bonchev–Trinajstić information content (AvgIpc) is 2.95. The molecule has 1 saturated heterocycles. The normalized spacial score (nSPS) is 34.6. The molecular weight excluding hydrogens is 333 g/mol. The van der Waals surface area contributed by atoms with Crippen LogP contribution in [0.2, 0.25) is 0 Å². The van der Waals surface area contributed by atoms with E-state index in [-0.39, 0.29) is 30.2 Å². The second kappa shape index (κ2) is 5.64. The monoisotopic (exact) mass is 356 g/mol. The highest BCUT2D eigenvalue weighted by Gasteiger charge is 2.46. The molecular formula is C17H23F3N4O. The van der Waals surface area contributed by atoms with Crippen LogP contribution in [-0.4, -0.2) is 45.9 Å². The number of carbonyl (C=O) groups excluding carboxylic acids is 1. The minimum atomic E-state index is -4.31. The summed E-state index contributed by atoms with van der Waals surface area (Å²) in [6.07, 6.45) is -2.62. The largest absolute Gasteiger partial charge is 0.410 e. The molecule has 0 spiro atoms. The summed E-state index contributed by atoms with van der Waals surface area (Å²) < 4.78 is 41.1. The molecule has 3 unspecified atom stereocenters. The summed E-state index contributed by atoms with van der Waals surface area (Å²) in [4.78, 5) is 14.2. The van der Waals surface area contributed by atoms with Gasteiger partial charge in [0.1, 0.15) is 5.82 Å². The first-order chi connectivity index (χ1) is 11.7. The third-order valence-corrected chi connectivity index (χ3v) is 5.74. The van der Waals surface area contributed by atoms with Crippen LogP contribution in [-0.2, 0) is 4.79 Å². The Morgan fingerprint density at radius 3 is 2.68 bits per heavy atom. The van der Waals surface area contributed by atoms with Crippen LogP contribution in [0.15, 0.2) is 6.07 Å². The Hall–Kier alpha value is -1.73. The Bertz CT molecular complexity index is 686. The Morgan fingerprint density at radius 1 is 1.32 bits per heavy atom. The highest BCUT2D eigenvalue weighted by molar-refractivity contribution is 5.82. The Kier molecular flexibility index (Phi) is 3.77. The van der Waals surface area contributed by atoms with E-state index in [1.54, 1.807) is 13.0 Å². The lowest BCUT2D eigenvalue weighted by Gasteiger charge is -2.31. The van der Waals surface area contributed by atoms with Gasteiger partial charge in [-0.15, -0.1) is 0 Å². The lowest BCUT2D eigenvalue weighted by Crippen LogP contribution is -2.37. The number of likely N-dealkylation sites (tertiary alicyclic amines) is 1. The number of aromatic nitrogens is 2. The van der Waals surface area contributed by atoms with Gasteiger partial charge < -0.3 is 10.2 Å². The van der Waals surface area contributed by atoms with Crippen molar-refractivity contribution in [1.29, 1.82) is 0 Å². The van der Waals surface area contributed by atoms with Gasteiger partial charge in [-0.1, -0.05) is 6.92 Å². The summed E-state index contributed by atoms with van der Waals surface area (Å²) in [6.45, 7) is 5.05. The maximum absolute atomic E-state index is 13.3. The predicted molar refractivity (Wildman–Crippen MR) is 86.2 cm³/mol. The highest BCUT2D eigenvalue weighted by atomic mass is 19.4. The molecule has 1 aromatic rings. The van der Waals surface area contributed by atoms with Crippen LogP contribution in [0, 0.1) is 11.8 Å². The number of rotatable bonds is 2. The molecule has 1 amide bonds. The van der Waals surface area contributed by atoms with Gasteiger partial charge in [0.2, 0.25) is 5.91 Å². The first kappa shape index (κ1) is 16.7. The van der Waals surface area contributed by atoms with Crippen molar-refractivity contribution in [2.45, 2.75) is 57.3 Å². The van der Waals surface area contributed by atoms with Gasteiger partial charge in [0.05, 0.1) is 5.69 Å². The van der Waals surface area contributed by atoms with Crippen LogP contribution in [0.1, 0.15) is 50.8 Å². The van der Waals surface area contributed by atoms with E-state index < -0.39 is 12.2 Å². The van der Waals surface area contributed by atoms with E-state index in [0.29, 0.717) is 30.5 Å². The molecule has 3 heterocycles. The fraction of sp³-hybridized carbons (Fsp3) is 0.765. The fourth-order valence-electron chi connectivity index (χ4n) is 4.08. The van der Waals surface area contributed by atoms with Gasteiger partial charge in [-0.2, -0.15) is 18.3 Å². The molecule has 138 valence electrons. The van der Waals surface area contributed by atoms with Gasteiger partial charge >= 0.3 is 6.18 Å². The average molecular weight is 356 g/mol. The summed E-state index contributed by atoms with van der Waals surface area (Å²) in [5, 5.41) is 7.37. The number of anilines is 1. The van der Waals surface area contributed by atoms with Crippen LogP contribution < -0.4 is 5.32 Å². The van der Waals surface area contributed by atoms with Crippen molar-refractivity contribution in [3.63, 3.8) is 0 Å². The predicted octanol–water partition coefficient (Wildman–Crippen LogP) is 3.16. The molecule has 1 aliphatic carbocycles. The van der Waals surface area contributed by atoms with Gasteiger partial charge in [0.25, 0.3) is 0 Å². The zero-order valence-electron chi connectivity index (χ0n) is 14.4. The molecule has 2 fully saturated rings. The third-order valence-electron chi connectivity index (χ3n) is 5.74. The molecule has 3 aliphatic rings. The number of nitrogens with zero attached hydrogens (tertiary/aromatic N) is 3. The molecule has 4 rings (SSSR count). The van der Waals surface area contributed by atoms with Gasteiger partial charge in [-0.3, -0.25) is 4.79 Å². The number of fused-ring (bicyclic) bond motifs is 1. The Morgan fingerprint density at radius 2 is 2.04 bits per heavy atom. The molecule has 2 aliphatic heterocycles. The van der Waals surface area contributed by atoms with Crippen molar-refractivity contribution < 1.29 is 18.0 Å². The van der Waals surface area contributed by atoms with Gasteiger partial charge in [-0.25, -0.2) is 4.68 Å². The van der Waals surface area contributed by atoms with Crippen molar-refractivity contribution in [2.24, 2.45) is 11.8 Å². The van der Waals surface area contributed by atoms with Gasteiger partial charge in [0.15, 0.2) is 6.04 Å². The fourth-order valence-corrected chi connectivity index (χ4v) is 4.08. The summed E-state index contributed by atoms with van der Waals surface area (Å²) >= 11 is 0. The molecule has 5 atom stereocenters. The first-order valence-electron chi connectivity index (χ1n) is 8.95. The topological polar surface area (TPSA) is 50.2 Å². The van der Waals surface area contributed by atoms with Crippen molar-refractivity contribution >= 4 is 11.7 Å². The zero-order valence-corrected chi connectivity index (χ0v) is 14.4. The smallest absolute Gasteiger partial charge is 0.368 e. The molecule has 0 aromatic carbocycles. The van der Waals surface area contributed by atoms with Crippen molar-refractivity contribution in [1.82, 2.24) is 14.7 Å². The molecule has 5 nitrogen and oxygen atoms in total. The first-order valence-corrected chi connectivity index (χ1v) is 8.95. The summed E-state index contributed by atoms with van der Waals surface area (Å²) in [7, 11) is 0. The zero-order chi connectivity index (χ0) is 17.9. The summed E-state index contributed by atoms with van der Waals surface area (Å²) in [5.41, 5.74) is 0.657. The maximum atomic E-state index is 13.3. The Balaban J connectivity index is 1.52. The van der Waals surface area contributed by atoms with Crippen LogP contribution in [0.3, 0.4) is 0 Å². The summed E-state index contributed by atoms with van der Waals surface area (Å²) in [6, 6.07) is -0.104. The number of carbonyl (C=O) groups is 1. The molecule has 1 N–H and O–H groups in total. The molecule has 1 saturated carbocycles. The van der Waals surface area contributed by atoms with Crippen LogP contribution >= 0.6 is 0 Å². The van der Waals surface area contributed by atoms with Crippen LogP contribution in [0.5, 0.6) is 0 Å². The number of alkyl halides is 3. The lowest BCUT2D eigenvalue weighted by molar-refractivity contribution is -0.173.